The predicted molar refractivity (Wildman–Crippen MR) is 157 cm³/mol. The first-order valence-corrected chi connectivity index (χ1v) is 15.1. The van der Waals surface area contributed by atoms with Crippen molar-refractivity contribution in [2.45, 2.75) is 35.4 Å². The number of aromatic hydroxyl groups is 1. The van der Waals surface area contributed by atoms with Crippen LogP contribution in [0.5, 0.6) is 11.5 Å². The first-order valence-electron chi connectivity index (χ1n) is 13.3. The molecule has 6 rings (SSSR count). The Balaban J connectivity index is 1.51. The monoisotopic (exact) mass is 674 g/mol. The lowest BCUT2D eigenvalue weighted by atomic mass is 9.56. The Morgan fingerprint density at radius 1 is 1.05 bits per heavy atom. The number of imide groups is 2. The number of hydrogen-bond donors (Lipinski definition) is 1. The molecule has 2 saturated heterocycles. The van der Waals surface area contributed by atoms with Gasteiger partial charge in [0.1, 0.15) is 11.5 Å². The molecule has 2 aliphatic heterocycles. The second-order valence-corrected chi connectivity index (χ2v) is 12.8. The molecule has 218 valence electrons. The third kappa shape index (κ3) is 3.70. The van der Waals surface area contributed by atoms with Crippen molar-refractivity contribution >= 4 is 74.2 Å². The lowest BCUT2D eigenvalue weighted by molar-refractivity contribution is -0.138. The van der Waals surface area contributed by atoms with Gasteiger partial charge in [-0.15, -0.1) is 23.2 Å². The van der Waals surface area contributed by atoms with Crippen molar-refractivity contribution in [1.29, 1.82) is 0 Å². The summed E-state index contributed by atoms with van der Waals surface area (Å²) >= 11 is 17.6. The van der Waals surface area contributed by atoms with Gasteiger partial charge in [-0.2, -0.15) is 0 Å². The van der Waals surface area contributed by atoms with Crippen LogP contribution in [-0.4, -0.2) is 61.7 Å². The van der Waals surface area contributed by atoms with Gasteiger partial charge in [0.15, 0.2) is 15.5 Å². The van der Waals surface area contributed by atoms with Crippen LogP contribution < -0.4 is 9.64 Å². The van der Waals surface area contributed by atoms with Gasteiger partial charge in [0, 0.05) is 17.0 Å². The van der Waals surface area contributed by atoms with Crippen LogP contribution in [0.1, 0.15) is 41.6 Å². The molecule has 0 spiro atoms. The van der Waals surface area contributed by atoms with Crippen molar-refractivity contribution in [1.82, 2.24) is 4.90 Å². The number of likely N-dealkylation sites (tertiary alicyclic amines) is 1. The summed E-state index contributed by atoms with van der Waals surface area (Å²) in [6.45, 7) is 1.42. The highest BCUT2D eigenvalue weighted by Crippen LogP contribution is 2.66. The molecule has 2 aliphatic carbocycles. The van der Waals surface area contributed by atoms with Crippen LogP contribution in [-0.2, 0) is 19.2 Å². The number of benzene rings is 2. The highest BCUT2D eigenvalue weighted by molar-refractivity contribution is 9.09. The lowest BCUT2D eigenvalue weighted by Gasteiger charge is -2.50. The Morgan fingerprint density at radius 2 is 1.74 bits per heavy atom. The van der Waals surface area contributed by atoms with E-state index in [9.17, 15) is 29.1 Å². The minimum atomic E-state index is -2.04. The van der Waals surface area contributed by atoms with Crippen LogP contribution in [0.3, 0.4) is 0 Å². The molecule has 1 saturated carbocycles. The summed E-state index contributed by atoms with van der Waals surface area (Å²) in [6, 6.07) is 10.7. The highest BCUT2D eigenvalue weighted by Gasteiger charge is 2.76. The van der Waals surface area contributed by atoms with Gasteiger partial charge in [0.05, 0.1) is 30.1 Å². The molecule has 2 aromatic carbocycles. The van der Waals surface area contributed by atoms with Crippen molar-refractivity contribution in [3.8, 4) is 11.5 Å². The van der Waals surface area contributed by atoms with E-state index in [2.05, 4.69) is 15.9 Å². The zero-order chi connectivity index (χ0) is 30.3. The van der Waals surface area contributed by atoms with Gasteiger partial charge in [0.25, 0.3) is 11.8 Å². The molecular weight excluding hydrogens is 651 g/mol. The summed E-state index contributed by atoms with van der Waals surface area (Å²) in [7, 11) is 1.45. The van der Waals surface area contributed by atoms with E-state index >= 15 is 0 Å². The van der Waals surface area contributed by atoms with E-state index in [0.717, 1.165) is 9.80 Å². The van der Waals surface area contributed by atoms with E-state index < -0.39 is 57.0 Å². The largest absolute Gasteiger partial charge is 0.508 e. The number of hydrogen-bond acceptors (Lipinski definition) is 7. The maximum Gasteiger partial charge on any atom is 0.254 e. The minimum absolute atomic E-state index is 0.151. The maximum atomic E-state index is 14.1. The van der Waals surface area contributed by atoms with Gasteiger partial charge >= 0.3 is 0 Å². The normalized spacial score (nSPS) is 32.0. The van der Waals surface area contributed by atoms with E-state index in [0.29, 0.717) is 22.6 Å². The Bertz CT molecular complexity index is 1610. The predicted octanol–water partition coefficient (Wildman–Crippen LogP) is 4.52. The van der Waals surface area contributed by atoms with Crippen molar-refractivity contribution in [2.75, 3.05) is 17.5 Å². The number of phenolic OH excluding ortho intramolecular Hbond substituents is 1. The smallest absolute Gasteiger partial charge is 0.254 e. The van der Waals surface area contributed by atoms with Crippen LogP contribution in [0.25, 0.3) is 0 Å². The molecular formula is C30H25BrCl2N2O7. The number of carbonyl (C=O) groups excluding carboxylic acids is 5. The van der Waals surface area contributed by atoms with Gasteiger partial charge < -0.3 is 9.84 Å². The molecule has 4 aliphatic rings. The van der Waals surface area contributed by atoms with Crippen LogP contribution in [0.4, 0.5) is 5.69 Å². The maximum absolute atomic E-state index is 14.1. The Hall–Kier alpha value is -3.21. The summed E-state index contributed by atoms with van der Waals surface area (Å²) in [5, 5.41) is 11.0. The topological polar surface area (TPSA) is 121 Å². The quantitative estimate of drug-likeness (QED) is 0.163. The molecule has 0 radical (unpaired) electrons. The fourth-order valence-electron chi connectivity index (χ4n) is 7.09. The van der Waals surface area contributed by atoms with Crippen molar-refractivity contribution in [2.24, 2.45) is 17.8 Å². The number of methoxy groups -OCH3 is 1. The molecule has 1 N–H and O–H groups in total. The van der Waals surface area contributed by atoms with Gasteiger partial charge in [0.2, 0.25) is 11.8 Å². The molecule has 4 amide bonds. The Morgan fingerprint density at radius 3 is 2.36 bits per heavy atom. The third-order valence-corrected chi connectivity index (χ3v) is 11.0. The number of alkyl halides is 3. The van der Waals surface area contributed by atoms with Crippen LogP contribution in [0.2, 0.25) is 0 Å². The Kier molecular flexibility index (Phi) is 6.83. The van der Waals surface area contributed by atoms with Crippen LogP contribution in [0.15, 0.2) is 54.1 Å². The average Bonchev–Trinajstić information content (AvgIpc) is 3.31. The zero-order valence-corrected chi connectivity index (χ0v) is 25.6. The molecule has 6 atom stereocenters. The standard InChI is InChI=1S/C30H25BrCl2N2O7/c1-14(36)15-3-5-16(6-4-15)35-25(38)19-9-8-18-21(23(19)26(35)39)12-29(32)27(40)34(13-31)28(41)30(29,33)24(18)20-11-17(42-2)7-10-22(20)37/h3-8,10-11,19,21,23-24,37H,9,12-13H2,1-2H3. The fraction of sp³-hybridized carbons (Fsp3) is 0.367. The number of anilines is 1. The van der Waals surface area contributed by atoms with Gasteiger partial charge in [-0.25, -0.2) is 0 Å². The molecule has 2 aromatic rings. The van der Waals surface area contributed by atoms with Crippen LogP contribution >= 0.6 is 39.1 Å². The number of carbonyl (C=O) groups is 5. The molecule has 12 heteroatoms. The number of rotatable bonds is 5. The molecule has 6 unspecified atom stereocenters. The second-order valence-electron chi connectivity index (χ2n) is 11.0. The number of Topliss-reactive ketones (excluding diaryl/α,β-unsaturated/α-hetero) is 1. The molecule has 42 heavy (non-hydrogen) atoms. The molecule has 3 fully saturated rings. The lowest BCUT2D eigenvalue weighted by Crippen LogP contribution is -2.60. The average molecular weight is 676 g/mol. The fourth-order valence-corrected chi connectivity index (χ4v) is 8.51. The van der Waals surface area contributed by atoms with Crippen molar-refractivity contribution in [3.63, 3.8) is 0 Å². The van der Waals surface area contributed by atoms with Gasteiger partial charge in [-0.3, -0.25) is 33.8 Å². The van der Waals surface area contributed by atoms with E-state index in [1.54, 1.807) is 36.4 Å². The Labute approximate surface area is 259 Å². The SMILES string of the molecule is COc1ccc(O)c(C2C3=CCC4C(=O)N(c5ccc(C(C)=O)cc5)C(=O)C4C3CC3(Cl)C(=O)N(CBr)C(=O)C23Cl)c1. The zero-order valence-electron chi connectivity index (χ0n) is 22.5. The number of allylic oxidation sites excluding steroid dienone is 2. The summed E-state index contributed by atoms with van der Waals surface area (Å²) < 4.78 is 5.38. The van der Waals surface area contributed by atoms with Gasteiger partial charge in [-0.1, -0.05) is 27.6 Å². The third-order valence-electron chi connectivity index (χ3n) is 9.09. The van der Waals surface area contributed by atoms with Gasteiger partial charge in [-0.05, 0) is 68.1 Å². The van der Waals surface area contributed by atoms with E-state index in [1.807, 2.05) is 0 Å². The molecule has 2 heterocycles. The van der Waals surface area contributed by atoms with Crippen LogP contribution in [0, 0.1) is 17.8 Å². The number of fused-ring (bicyclic) bond motifs is 4. The summed E-state index contributed by atoms with van der Waals surface area (Å²) in [6.07, 6.45) is 1.80. The minimum Gasteiger partial charge on any atom is -0.508 e. The van der Waals surface area contributed by atoms with E-state index in [-0.39, 0.29) is 35.4 Å². The molecule has 9 nitrogen and oxygen atoms in total. The number of amides is 4. The molecule has 0 bridgehead atoms. The van der Waals surface area contributed by atoms with Crippen molar-refractivity contribution < 1.29 is 33.8 Å². The second kappa shape index (κ2) is 9.92. The van der Waals surface area contributed by atoms with Crippen molar-refractivity contribution in [3.05, 3.63) is 65.2 Å². The number of phenols is 1. The highest BCUT2D eigenvalue weighted by atomic mass is 79.9. The number of ether oxygens (including phenoxy) is 1. The number of nitrogens with zero attached hydrogens (tertiary/aromatic N) is 2. The number of ketones is 1. The summed E-state index contributed by atoms with van der Waals surface area (Å²) in [5.41, 5.74) is 1.39. The summed E-state index contributed by atoms with van der Waals surface area (Å²) in [4.78, 5) is 65.1. The first kappa shape index (κ1) is 28.9. The van der Waals surface area contributed by atoms with E-state index in [4.69, 9.17) is 27.9 Å². The molecule has 0 aromatic heterocycles. The van der Waals surface area contributed by atoms with E-state index in [1.165, 1.54) is 26.2 Å². The summed E-state index contributed by atoms with van der Waals surface area (Å²) in [5.74, 6) is -5.77. The first-order chi connectivity index (χ1) is 19.9. The number of halogens is 3.